The zero-order chi connectivity index (χ0) is 19.6. The minimum absolute atomic E-state index is 0.173. The zero-order valence-corrected chi connectivity index (χ0v) is 15.5. The standard InChI is InChI=1S/C20H22N6O2/c1-15(28-17-7-3-2-4-8-17)20(27)23-13-12-22-18-9-10-19(26-25-18)24-16-6-5-11-21-14-16/h2-11,14-15H,12-13H2,1H3,(H,22,25)(H,23,27)(H,24,26)/t15-/m1/s1. The largest absolute Gasteiger partial charge is 0.481 e. The van der Waals surface area contributed by atoms with E-state index in [9.17, 15) is 4.79 Å². The zero-order valence-electron chi connectivity index (χ0n) is 15.5. The lowest BCUT2D eigenvalue weighted by atomic mass is 10.3. The third-order valence-electron chi connectivity index (χ3n) is 3.75. The van der Waals surface area contributed by atoms with E-state index in [2.05, 4.69) is 31.1 Å². The Bertz CT molecular complexity index is 859. The molecular formula is C20H22N6O2. The first kappa shape index (κ1) is 19.1. The van der Waals surface area contributed by atoms with E-state index in [1.54, 1.807) is 19.3 Å². The molecule has 3 rings (SSSR count). The summed E-state index contributed by atoms with van der Waals surface area (Å²) in [7, 11) is 0. The normalized spacial score (nSPS) is 11.3. The lowest BCUT2D eigenvalue weighted by Crippen LogP contribution is -2.38. The Kier molecular flexibility index (Phi) is 6.73. The Balaban J connectivity index is 1.37. The third kappa shape index (κ3) is 5.94. The molecule has 3 aromatic rings. The van der Waals surface area contributed by atoms with Gasteiger partial charge >= 0.3 is 0 Å². The summed E-state index contributed by atoms with van der Waals surface area (Å²) in [6.45, 7) is 2.68. The van der Waals surface area contributed by atoms with Gasteiger partial charge < -0.3 is 20.7 Å². The Labute approximate surface area is 163 Å². The number of pyridine rings is 1. The quantitative estimate of drug-likeness (QED) is 0.492. The minimum atomic E-state index is -0.569. The number of carbonyl (C=O) groups excluding carboxylic acids is 1. The maximum Gasteiger partial charge on any atom is 0.260 e. The van der Waals surface area contributed by atoms with Gasteiger partial charge in [-0.05, 0) is 43.3 Å². The van der Waals surface area contributed by atoms with E-state index >= 15 is 0 Å². The summed E-state index contributed by atoms with van der Waals surface area (Å²) in [5, 5.41) is 17.2. The van der Waals surface area contributed by atoms with Crippen molar-refractivity contribution in [1.29, 1.82) is 0 Å². The molecule has 2 aromatic heterocycles. The highest BCUT2D eigenvalue weighted by Gasteiger charge is 2.13. The molecule has 3 N–H and O–H groups in total. The fourth-order valence-corrected chi connectivity index (χ4v) is 2.35. The van der Waals surface area contributed by atoms with Crippen LogP contribution in [0.2, 0.25) is 0 Å². The molecule has 1 amide bonds. The topological polar surface area (TPSA) is 101 Å². The molecule has 1 atom stereocenters. The molecule has 0 aliphatic heterocycles. The van der Waals surface area contributed by atoms with Crippen LogP contribution in [0.1, 0.15) is 6.92 Å². The lowest BCUT2D eigenvalue weighted by Gasteiger charge is -2.14. The fraction of sp³-hybridized carbons (Fsp3) is 0.200. The molecule has 1 aromatic carbocycles. The number of nitrogens with one attached hydrogen (secondary N) is 3. The van der Waals surface area contributed by atoms with E-state index in [1.165, 1.54) is 0 Å². The number of anilines is 3. The summed E-state index contributed by atoms with van der Waals surface area (Å²) >= 11 is 0. The predicted molar refractivity (Wildman–Crippen MR) is 108 cm³/mol. The van der Waals surface area contributed by atoms with Crippen molar-refractivity contribution in [2.24, 2.45) is 0 Å². The minimum Gasteiger partial charge on any atom is -0.481 e. The van der Waals surface area contributed by atoms with Crippen molar-refractivity contribution >= 4 is 23.2 Å². The average Bonchev–Trinajstić information content (AvgIpc) is 2.73. The molecule has 0 saturated carbocycles. The van der Waals surface area contributed by atoms with Crippen LogP contribution in [0, 0.1) is 0 Å². The molecule has 0 aliphatic rings. The van der Waals surface area contributed by atoms with Gasteiger partial charge in [-0.25, -0.2) is 0 Å². The van der Waals surface area contributed by atoms with Crippen LogP contribution in [-0.4, -0.2) is 40.3 Å². The van der Waals surface area contributed by atoms with Gasteiger partial charge in [0.25, 0.3) is 5.91 Å². The highest BCUT2D eigenvalue weighted by atomic mass is 16.5. The van der Waals surface area contributed by atoms with Crippen molar-refractivity contribution in [2.75, 3.05) is 23.7 Å². The first-order valence-electron chi connectivity index (χ1n) is 8.95. The number of amides is 1. The molecule has 0 saturated heterocycles. The number of nitrogens with zero attached hydrogens (tertiary/aromatic N) is 3. The summed E-state index contributed by atoms with van der Waals surface area (Å²) in [5.74, 6) is 1.74. The molecule has 0 spiro atoms. The second kappa shape index (κ2) is 9.86. The van der Waals surface area contributed by atoms with Crippen LogP contribution in [0.3, 0.4) is 0 Å². The Morgan fingerprint density at radius 2 is 1.79 bits per heavy atom. The van der Waals surface area contributed by atoms with Gasteiger partial charge in [-0.2, -0.15) is 0 Å². The molecule has 0 bridgehead atoms. The average molecular weight is 378 g/mol. The number of aromatic nitrogens is 3. The van der Waals surface area contributed by atoms with Crippen molar-refractivity contribution in [2.45, 2.75) is 13.0 Å². The Hall–Kier alpha value is -3.68. The predicted octanol–water partition coefficient (Wildman–Crippen LogP) is 2.61. The van der Waals surface area contributed by atoms with Gasteiger partial charge in [0, 0.05) is 19.3 Å². The molecule has 8 heteroatoms. The Morgan fingerprint density at radius 1 is 1.00 bits per heavy atom. The second-order valence-corrected chi connectivity index (χ2v) is 5.96. The van der Waals surface area contributed by atoms with Crippen LogP contribution < -0.4 is 20.7 Å². The first-order valence-corrected chi connectivity index (χ1v) is 8.95. The van der Waals surface area contributed by atoms with Gasteiger partial charge in [0.1, 0.15) is 11.6 Å². The summed E-state index contributed by atoms with van der Waals surface area (Å²) in [5.41, 5.74) is 0.840. The smallest absolute Gasteiger partial charge is 0.260 e. The van der Waals surface area contributed by atoms with Gasteiger partial charge in [-0.1, -0.05) is 18.2 Å². The van der Waals surface area contributed by atoms with E-state index in [1.807, 2.05) is 54.6 Å². The van der Waals surface area contributed by atoms with Crippen LogP contribution in [0.4, 0.5) is 17.3 Å². The first-order chi connectivity index (χ1) is 13.7. The van der Waals surface area contributed by atoms with Crippen LogP contribution in [0.15, 0.2) is 67.0 Å². The fourth-order valence-electron chi connectivity index (χ4n) is 2.35. The Morgan fingerprint density at radius 3 is 2.50 bits per heavy atom. The summed E-state index contributed by atoms with van der Waals surface area (Å²) in [6, 6.07) is 16.6. The summed E-state index contributed by atoms with van der Waals surface area (Å²) in [6.07, 6.45) is 2.84. The van der Waals surface area contributed by atoms with Crippen molar-refractivity contribution in [3.05, 3.63) is 67.0 Å². The van der Waals surface area contributed by atoms with Gasteiger partial charge in [0.05, 0.1) is 11.9 Å². The van der Waals surface area contributed by atoms with E-state index < -0.39 is 6.10 Å². The molecule has 144 valence electrons. The van der Waals surface area contributed by atoms with Crippen molar-refractivity contribution in [3.63, 3.8) is 0 Å². The van der Waals surface area contributed by atoms with Crippen molar-refractivity contribution in [1.82, 2.24) is 20.5 Å². The number of hydrogen-bond acceptors (Lipinski definition) is 7. The molecule has 8 nitrogen and oxygen atoms in total. The van der Waals surface area contributed by atoms with E-state index in [4.69, 9.17) is 4.74 Å². The highest BCUT2D eigenvalue weighted by Crippen LogP contribution is 2.13. The number of ether oxygens (including phenoxy) is 1. The van der Waals surface area contributed by atoms with Crippen LogP contribution in [-0.2, 0) is 4.79 Å². The SMILES string of the molecule is C[C@@H](Oc1ccccc1)C(=O)NCCNc1ccc(Nc2cccnc2)nn1. The number of hydrogen-bond donors (Lipinski definition) is 3. The van der Waals surface area contributed by atoms with E-state index in [0.29, 0.717) is 30.5 Å². The van der Waals surface area contributed by atoms with E-state index in [0.717, 1.165) is 5.69 Å². The molecule has 0 fully saturated rings. The number of rotatable bonds is 9. The van der Waals surface area contributed by atoms with Crippen molar-refractivity contribution in [3.8, 4) is 5.75 Å². The number of carbonyl (C=O) groups is 1. The number of para-hydroxylation sites is 1. The maximum absolute atomic E-state index is 12.1. The van der Waals surface area contributed by atoms with Crippen LogP contribution in [0.25, 0.3) is 0 Å². The monoisotopic (exact) mass is 378 g/mol. The molecule has 0 unspecified atom stereocenters. The third-order valence-corrected chi connectivity index (χ3v) is 3.75. The molecule has 2 heterocycles. The van der Waals surface area contributed by atoms with Crippen LogP contribution in [0.5, 0.6) is 5.75 Å². The van der Waals surface area contributed by atoms with Gasteiger partial charge in [0.2, 0.25) is 0 Å². The molecule has 0 radical (unpaired) electrons. The lowest BCUT2D eigenvalue weighted by molar-refractivity contribution is -0.127. The van der Waals surface area contributed by atoms with Crippen LogP contribution >= 0.6 is 0 Å². The summed E-state index contributed by atoms with van der Waals surface area (Å²) in [4.78, 5) is 16.1. The van der Waals surface area contributed by atoms with Gasteiger partial charge in [-0.3, -0.25) is 9.78 Å². The molecule has 28 heavy (non-hydrogen) atoms. The highest BCUT2D eigenvalue weighted by molar-refractivity contribution is 5.80. The summed E-state index contributed by atoms with van der Waals surface area (Å²) < 4.78 is 5.59. The maximum atomic E-state index is 12.1. The van der Waals surface area contributed by atoms with Gasteiger partial charge in [0.15, 0.2) is 11.9 Å². The molecular weight excluding hydrogens is 356 g/mol. The number of benzene rings is 1. The second-order valence-electron chi connectivity index (χ2n) is 5.96. The van der Waals surface area contributed by atoms with Gasteiger partial charge in [-0.15, -0.1) is 10.2 Å². The van der Waals surface area contributed by atoms with Crippen molar-refractivity contribution < 1.29 is 9.53 Å². The van der Waals surface area contributed by atoms with E-state index in [-0.39, 0.29) is 5.91 Å². The molecule has 0 aliphatic carbocycles.